The van der Waals surface area contributed by atoms with Gasteiger partial charge in [0.15, 0.2) is 5.16 Å². The van der Waals surface area contributed by atoms with Gasteiger partial charge >= 0.3 is 0 Å². The molecule has 3 aromatic rings. The molecule has 0 saturated heterocycles. The van der Waals surface area contributed by atoms with E-state index in [9.17, 15) is 14.4 Å². The molecule has 0 spiro atoms. The highest BCUT2D eigenvalue weighted by Gasteiger charge is 2.23. The van der Waals surface area contributed by atoms with Gasteiger partial charge in [0.25, 0.3) is 5.56 Å². The summed E-state index contributed by atoms with van der Waals surface area (Å²) in [6.07, 6.45) is 5.25. The topological polar surface area (TPSA) is 84.3 Å². The maximum absolute atomic E-state index is 13.4. The summed E-state index contributed by atoms with van der Waals surface area (Å²) in [6.45, 7) is 3.83. The van der Waals surface area contributed by atoms with Crippen LogP contribution in [0.4, 0.5) is 5.69 Å². The van der Waals surface area contributed by atoms with Crippen molar-refractivity contribution in [1.29, 1.82) is 0 Å². The van der Waals surface area contributed by atoms with Gasteiger partial charge in [-0.3, -0.25) is 19.0 Å². The van der Waals surface area contributed by atoms with Crippen molar-refractivity contribution in [3.63, 3.8) is 0 Å². The second-order valence-corrected chi connectivity index (χ2v) is 10.2. The van der Waals surface area contributed by atoms with E-state index in [4.69, 9.17) is 4.98 Å². The summed E-state index contributed by atoms with van der Waals surface area (Å²) in [6, 6.07) is 13.3. The first-order valence-electron chi connectivity index (χ1n) is 12.1. The van der Waals surface area contributed by atoms with Gasteiger partial charge in [-0.25, -0.2) is 4.98 Å². The number of thioether (sulfide) groups is 1. The molecule has 2 aromatic carbocycles. The van der Waals surface area contributed by atoms with Gasteiger partial charge in [-0.2, -0.15) is 0 Å². The molecule has 7 nitrogen and oxygen atoms in total. The lowest BCUT2D eigenvalue weighted by Crippen LogP contribution is -2.36. The number of hydrogen-bond donors (Lipinski definition) is 1. The highest BCUT2D eigenvalue weighted by atomic mass is 32.2. The molecule has 2 amide bonds. The highest BCUT2D eigenvalue weighted by Crippen LogP contribution is 2.31. The van der Waals surface area contributed by atoms with Gasteiger partial charge in [0.2, 0.25) is 11.8 Å². The molecule has 8 heteroatoms. The number of anilines is 1. The fraction of sp³-hybridized carbons (Fsp3) is 0.407. The van der Waals surface area contributed by atoms with Crippen LogP contribution in [0, 0.1) is 13.8 Å². The molecule has 4 rings (SSSR count). The Morgan fingerprint density at radius 2 is 1.74 bits per heavy atom. The number of carbonyl (C=O) groups is 2. The molecule has 184 valence electrons. The van der Waals surface area contributed by atoms with Crippen molar-refractivity contribution >= 4 is 40.2 Å². The van der Waals surface area contributed by atoms with E-state index in [1.807, 2.05) is 56.3 Å². The molecule has 0 aliphatic heterocycles. The standard InChI is InChI=1S/C27H32N4O3S/c1-18-10-9-11-19(2)25(18)29-23(32)16-30(3)24(33)17-35-27-28-22-15-8-7-14-21(22)26(34)31(27)20-12-5-4-6-13-20/h7-11,14-15,20H,4-6,12-13,16-17H2,1-3H3,(H,29,32). The maximum atomic E-state index is 13.4. The lowest BCUT2D eigenvalue weighted by molar-refractivity contribution is -0.131. The zero-order valence-electron chi connectivity index (χ0n) is 20.5. The third-order valence-electron chi connectivity index (χ3n) is 6.59. The molecular weight excluding hydrogens is 460 g/mol. The third kappa shape index (κ3) is 5.75. The number of likely N-dealkylation sites (N-methyl/N-ethyl adjacent to an activating group) is 1. The molecule has 1 aromatic heterocycles. The van der Waals surface area contributed by atoms with Crippen molar-refractivity contribution < 1.29 is 9.59 Å². The Bertz CT molecular complexity index is 1280. The van der Waals surface area contributed by atoms with Gasteiger partial charge in [-0.15, -0.1) is 0 Å². The number of nitrogens with zero attached hydrogens (tertiary/aromatic N) is 3. The summed E-state index contributed by atoms with van der Waals surface area (Å²) in [4.78, 5) is 45.0. The first-order valence-corrected chi connectivity index (χ1v) is 13.1. The number of aromatic nitrogens is 2. The molecule has 1 heterocycles. The van der Waals surface area contributed by atoms with Crippen molar-refractivity contribution in [1.82, 2.24) is 14.5 Å². The molecule has 1 N–H and O–H groups in total. The number of carbonyl (C=O) groups excluding carboxylic acids is 2. The van der Waals surface area contributed by atoms with Gasteiger partial charge in [-0.05, 0) is 49.9 Å². The highest BCUT2D eigenvalue weighted by molar-refractivity contribution is 7.99. The Labute approximate surface area is 209 Å². The Kier molecular flexibility index (Phi) is 7.90. The normalized spacial score (nSPS) is 14.1. The first kappa shape index (κ1) is 25.0. The van der Waals surface area contributed by atoms with E-state index in [1.54, 1.807) is 11.6 Å². The monoisotopic (exact) mass is 492 g/mol. The fourth-order valence-electron chi connectivity index (χ4n) is 4.62. The van der Waals surface area contributed by atoms with Crippen LogP contribution in [0.1, 0.15) is 49.3 Å². The molecule has 1 fully saturated rings. The Hall–Kier alpha value is -3.13. The smallest absolute Gasteiger partial charge is 0.262 e. The summed E-state index contributed by atoms with van der Waals surface area (Å²) in [5.74, 6) is -0.333. The summed E-state index contributed by atoms with van der Waals surface area (Å²) >= 11 is 1.27. The predicted octanol–water partition coefficient (Wildman–Crippen LogP) is 4.71. The van der Waals surface area contributed by atoms with Crippen molar-refractivity contribution in [3.8, 4) is 0 Å². The van der Waals surface area contributed by atoms with Crippen LogP contribution in [0.3, 0.4) is 0 Å². The number of amides is 2. The number of fused-ring (bicyclic) bond motifs is 1. The van der Waals surface area contributed by atoms with Crippen LogP contribution in [-0.2, 0) is 9.59 Å². The maximum Gasteiger partial charge on any atom is 0.262 e. The predicted molar refractivity (Wildman–Crippen MR) is 141 cm³/mol. The van der Waals surface area contributed by atoms with E-state index in [-0.39, 0.29) is 35.7 Å². The number of aryl methyl sites for hydroxylation is 2. The van der Waals surface area contributed by atoms with Gasteiger partial charge in [0.1, 0.15) is 0 Å². The van der Waals surface area contributed by atoms with Crippen LogP contribution in [0.2, 0.25) is 0 Å². The SMILES string of the molecule is Cc1cccc(C)c1NC(=O)CN(C)C(=O)CSc1nc2ccccc2c(=O)n1C1CCCCC1. The molecule has 0 atom stereocenters. The van der Waals surface area contributed by atoms with E-state index in [0.29, 0.717) is 16.1 Å². The summed E-state index contributed by atoms with van der Waals surface area (Å²) in [7, 11) is 1.62. The molecule has 1 saturated carbocycles. The van der Waals surface area contributed by atoms with Crippen molar-refractivity contribution in [2.75, 3.05) is 24.7 Å². The Morgan fingerprint density at radius 1 is 1.06 bits per heavy atom. The number of hydrogen-bond acceptors (Lipinski definition) is 5. The minimum Gasteiger partial charge on any atom is -0.336 e. The second-order valence-electron chi connectivity index (χ2n) is 9.23. The summed E-state index contributed by atoms with van der Waals surface area (Å²) in [5.41, 5.74) is 3.33. The van der Waals surface area contributed by atoms with Gasteiger partial charge < -0.3 is 10.2 Å². The average molecular weight is 493 g/mol. The molecule has 1 aliphatic rings. The van der Waals surface area contributed by atoms with E-state index < -0.39 is 0 Å². The molecular formula is C27H32N4O3S. The van der Waals surface area contributed by atoms with E-state index in [0.717, 1.165) is 42.5 Å². The van der Waals surface area contributed by atoms with Gasteiger partial charge in [0.05, 0.1) is 23.2 Å². The summed E-state index contributed by atoms with van der Waals surface area (Å²) in [5, 5.41) is 4.10. The lowest BCUT2D eigenvalue weighted by Gasteiger charge is -2.26. The van der Waals surface area contributed by atoms with Crippen LogP contribution < -0.4 is 10.9 Å². The van der Waals surface area contributed by atoms with Crippen LogP contribution in [0.15, 0.2) is 52.4 Å². The second kappa shape index (κ2) is 11.1. The lowest BCUT2D eigenvalue weighted by atomic mass is 9.95. The quantitative estimate of drug-likeness (QED) is 0.382. The first-order chi connectivity index (χ1) is 16.8. The number of rotatable bonds is 7. The zero-order valence-corrected chi connectivity index (χ0v) is 21.4. The zero-order chi connectivity index (χ0) is 24.9. The number of nitrogens with one attached hydrogen (secondary N) is 1. The van der Waals surface area contributed by atoms with Gasteiger partial charge in [-0.1, -0.05) is 61.4 Å². The summed E-state index contributed by atoms with van der Waals surface area (Å²) < 4.78 is 1.80. The molecule has 0 bridgehead atoms. The largest absolute Gasteiger partial charge is 0.336 e. The van der Waals surface area contributed by atoms with Crippen LogP contribution in [0.5, 0.6) is 0 Å². The Balaban J connectivity index is 1.47. The van der Waals surface area contributed by atoms with Gasteiger partial charge in [0, 0.05) is 18.8 Å². The Morgan fingerprint density at radius 3 is 2.46 bits per heavy atom. The molecule has 1 aliphatic carbocycles. The molecule has 35 heavy (non-hydrogen) atoms. The number of benzene rings is 2. The van der Waals surface area contributed by atoms with Crippen LogP contribution >= 0.6 is 11.8 Å². The van der Waals surface area contributed by atoms with E-state index in [2.05, 4.69) is 5.32 Å². The third-order valence-corrected chi connectivity index (χ3v) is 7.53. The number of para-hydroxylation sites is 2. The van der Waals surface area contributed by atoms with Crippen LogP contribution in [0.25, 0.3) is 10.9 Å². The average Bonchev–Trinajstić information content (AvgIpc) is 2.85. The van der Waals surface area contributed by atoms with Crippen molar-refractivity contribution in [3.05, 3.63) is 63.9 Å². The van der Waals surface area contributed by atoms with E-state index in [1.165, 1.54) is 23.1 Å². The van der Waals surface area contributed by atoms with Crippen molar-refractivity contribution in [2.24, 2.45) is 0 Å². The minimum atomic E-state index is -0.244. The van der Waals surface area contributed by atoms with Crippen molar-refractivity contribution in [2.45, 2.75) is 57.1 Å². The molecule has 0 radical (unpaired) electrons. The van der Waals surface area contributed by atoms with E-state index >= 15 is 0 Å². The fourth-order valence-corrected chi connectivity index (χ4v) is 5.63. The van der Waals surface area contributed by atoms with Crippen LogP contribution in [-0.4, -0.2) is 45.6 Å². The molecule has 0 unspecified atom stereocenters. The minimum absolute atomic E-state index is 0.0428.